The highest BCUT2D eigenvalue weighted by atomic mass is 16.3. The Labute approximate surface area is 153 Å². The van der Waals surface area contributed by atoms with Crippen molar-refractivity contribution in [3.05, 3.63) is 71.2 Å². The van der Waals surface area contributed by atoms with E-state index in [1.54, 1.807) is 0 Å². The summed E-state index contributed by atoms with van der Waals surface area (Å²) in [4.78, 5) is 3.69. The third-order valence-corrected chi connectivity index (χ3v) is 5.03. The van der Waals surface area contributed by atoms with Crippen LogP contribution in [0.3, 0.4) is 0 Å². The lowest BCUT2D eigenvalue weighted by molar-refractivity contribution is -0.660. The van der Waals surface area contributed by atoms with Gasteiger partial charge in [0.15, 0.2) is 11.9 Å². The molecule has 26 heavy (non-hydrogen) atoms. The highest BCUT2D eigenvalue weighted by Gasteiger charge is 2.20. The van der Waals surface area contributed by atoms with Gasteiger partial charge in [-0.3, -0.25) is 0 Å². The highest BCUT2D eigenvalue weighted by molar-refractivity contribution is 6.08. The number of aromatic nitrogens is 1. The molecule has 0 aliphatic carbocycles. The number of fused-ring (bicyclic) bond motifs is 3. The van der Waals surface area contributed by atoms with Crippen LogP contribution < -0.4 is 4.57 Å². The molecule has 0 aliphatic heterocycles. The van der Waals surface area contributed by atoms with Crippen LogP contribution in [0, 0.1) is 13.5 Å². The summed E-state index contributed by atoms with van der Waals surface area (Å²) in [6, 6.07) is 14.5. The molecule has 3 nitrogen and oxygen atoms in total. The zero-order valence-electron chi connectivity index (χ0n) is 15.5. The fourth-order valence-electron chi connectivity index (χ4n) is 3.73. The van der Waals surface area contributed by atoms with Gasteiger partial charge >= 0.3 is 0 Å². The summed E-state index contributed by atoms with van der Waals surface area (Å²) in [5, 5.41) is 2.18. The number of hydrogen-bond donors (Lipinski definition) is 0. The van der Waals surface area contributed by atoms with Crippen molar-refractivity contribution in [3.63, 3.8) is 0 Å². The van der Waals surface area contributed by atoms with Gasteiger partial charge in [0, 0.05) is 34.0 Å². The van der Waals surface area contributed by atoms with E-state index < -0.39 is 0 Å². The predicted octanol–water partition coefficient (Wildman–Crippen LogP) is 6.06. The van der Waals surface area contributed by atoms with Gasteiger partial charge in [0.1, 0.15) is 18.2 Å². The lowest BCUT2D eigenvalue weighted by Gasteiger charge is -2.08. The minimum atomic E-state index is 0.232. The number of aryl methyl sites for hydroxylation is 2. The topological polar surface area (TPSA) is 21.4 Å². The smallest absolute Gasteiger partial charge is 0.212 e. The molecule has 0 bridgehead atoms. The van der Waals surface area contributed by atoms with Gasteiger partial charge in [0.2, 0.25) is 5.69 Å². The van der Waals surface area contributed by atoms with Crippen LogP contribution >= 0.6 is 0 Å². The van der Waals surface area contributed by atoms with E-state index in [1.807, 2.05) is 18.2 Å². The largest absolute Gasteiger partial charge is 0.457 e. The normalized spacial score (nSPS) is 11.4. The Morgan fingerprint density at radius 2 is 1.88 bits per heavy atom. The van der Waals surface area contributed by atoms with E-state index in [0.29, 0.717) is 5.69 Å². The van der Waals surface area contributed by atoms with Gasteiger partial charge in [-0.15, -0.1) is 0 Å². The molecule has 0 radical (unpaired) electrons. The molecule has 3 heteroatoms. The molecule has 0 amide bonds. The number of hydrogen-bond acceptors (Lipinski definition) is 1. The van der Waals surface area contributed by atoms with Crippen molar-refractivity contribution in [3.8, 4) is 11.3 Å². The van der Waals surface area contributed by atoms with Crippen molar-refractivity contribution in [2.45, 2.75) is 26.7 Å². The van der Waals surface area contributed by atoms with E-state index in [1.165, 1.54) is 16.8 Å². The third-order valence-electron chi connectivity index (χ3n) is 5.03. The van der Waals surface area contributed by atoms with Gasteiger partial charge in [-0.1, -0.05) is 26.0 Å². The third kappa shape index (κ3) is 2.38. The molecular formula is C23H21N2O+. The van der Waals surface area contributed by atoms with E-state index in [-0.39, 0.29) is 5.92 Å². The predicted molar refractivity (Wildman–Crippen MR) is 105 cm³/mol. The van der Waals surface area contributed by atoms with Crippen molar-refractivity contribution >= 4 is 27.6 Å². The van der Waals surface area contributed by atoms with Crippen LogP contribution in [0.15, 0.2) is 53.1 Å². The van der Waals surface area contributed by atoms with Crippen LogP contribution in [0.1, 0.15) is 30.9 Å². The first-order valence-electron chi connectivity index (χ1n) is 8.83. The molecule has 2 heterocycles. The Morgan fingerprint density at radius 1 is 1.08 bits per heavy atom. The van der Waals surface area contributed by atoms with Gasteiger partial charge in [0.25, 0.3) is 0 Å². The molecule has 0 spiro atoms. The molecule has 2 aromatic carbocycles. The van der Waals surface area contributed by atoms with Gasteiger partial charge in [0.05, 0.1) is 6.57 Å². The lowest BCUT2D eigenvalue weighted by Crippen LogP contribution is -2.30. The molecule has 0 unspecified atom stereocenters. The summed E-state index contributed by atoms with van der Waals surface area (Å²) < 4.78 is 8.37. The Hall–Kier alpha value is -3.12. The summed E-state index contributed by atoms with van der Waals surface area (Å²) in [6.07, 6.45) is 2.06. The summed E-state index contributed by atoms with van der Waals surface area (Å²) >= 11 is 0. The average Bonchev–Trinajstić information content (AvgIpc) is 2.97. The number of rotatable bonds is 2. The summed E-state index contributed by atoms with van der Waals surface area (Å²) in [7, 11) is 2.06. The zero-order chi connectivity index (χ0) is 18.4. The van der Waals surface area contributed by atoms with Gasteiger partial charge in [-0.2, -0.15) is 0 Å². The van der Waals surface area contributed by atoms with Crippen molar-refractivity contribution in [2.75, 3.05) is 0 Å². The van der Waals surface area contributed by atoms with E-state index in [0.717, 1.165) is 27.5 Å². The maximum atomic E-state index is 7.47. The number of benzene rings is 2. The van der Waals surface area contributed by atoms with Gasteiger partial charge in [-0.05, 0) is 36.6 Å². The molecule has 0 N–H and O–H groups in total. The van der Waals surface area contributed by atoms with Crippen molar-refractivity contribution in [1.82, 2.24) is 0 Å². The van der Waals surface area contributed by atoms with Crippen molar-refractivity contribution in [2.24, 2.45) is 7.05 Å². The Bertz CT molecular complexity index is 1190. The molecule has 0 saturated heterocycles. The van der Waals surface area contributed by atoms with Crippen LogP contribution in [0.2, 0.25) is 0 Å². The van der Waals surface area contributed by atoms with Crippen molar-refractivity contribution < 1.29 is 8.98 Å². The van der Waals surface area contributed by atoms with Crippen LogP contribution in [0.4, 0.5) is 5.69 Å². The standard InChI is InChI=1S/C23H21N2O/c1-14(2)22-19(24-4)10-9-16-18-13-17(20-8-6-7-11-25(20)5)15(3)12-21(18)26-23(16)22/h6-14H,1-3,5H3/q+1. The molecule has 4 aromatic rings. The molecule has 0 fully saturated rings. The molecular weight excluding hydrogens is 320 g/mol. The Balaban J connectivity index is 2.08. The first-order valence-corrected chi connectivity index (χ1v) is 8.83. The molecule has 4 rings (SSSR count). The second kappa shape index (κ2) is 6.00. The maximum Gasteiger partial charge on any atom is 0.212 e. The van der Waals surface area contributed by atoms with Crippen molar-refractivity contribution in [1.29, 1.82) is 0 Å². The highest BCUT2D eigenvalue weighted by Crippen LogP contribution is 2.40. The van der Waals surface area contributed by atoms with E-state index in [2.05, 4.69) is 67.7 Å². The average molecular weight is 341 g/mol. The first kappa shape index (κ1) is 16.4. The molecule has 128 valence electrons. The van der Waals surface area contributed by atoms with E-state index in [4.69, 9.17) is 11.0 Å². The second-order valence-corrected chi connectivity index (χ2v) is 7.10. The second-order valence-electron chi connectivity index (χ2n) is 7.10. The van der Waals surface area contributed by atoms with Gasteiger partial charge < -0.3 is 4.42 Å². The SMILES string of the molecule is [C-]#[N+]c1ccc2c(oc3cc(C)c(-c4cccc[n+]4C)cc32)c1C(C)C. The minimum Gasteiger partial charge on any atom is -0.457 e. The lowest BCUT2D eigenvalue weighted by atomic mass is 9.96. The van der Waals surface area contributed by atoms with Gasteiger partial charge in [-0.25, -0.2) is 9.41 Å². The number of pyridine rings is 1. The summed E-state index contributed by atoms with van der Waals surface area (Å²) in [6.45, 7) is 13.8. The first-order chi connectivity index (χ1) is 12.5. The Morgan fingerprint density at radius 3 is 2.58 bits per heavy atom. The quantitative estimate of drug-likeness (QED) is 0.321. The monoisotopic (exact) mass is 341 g/mol. The zero-order valence-corrected chi connectivity index (χ0v) is 15.5. The number of nitrogens with zero attached hydrogens (tertiary/aromatic N) is 2. The fourth-order valence-corrected chi connectivity index (χ4v) is 3.73. The molecule has 0 saturated carbocycles. The van der Waals surface area contributed by atoms with E-state index >= 15 is 0 Å². The molecule has 0 atom stereocenters. The Kier molecular flexibility index (Phi) is 3.77. The summed E-state index contributed by atoms with van der Waals surface area (Å²) in [5.74, 6) is 0.232. The molecule has 0 aliphatic rings. The minimum absolute atomic E-state index is 0.232. The fraction of sp³-hybridized carbons (Fsp3) is 0.217. The molecule has 2 aromatic heterocycles. The van der Waals surface area contributed by atoms with Crippen LogP contribution in [0.5, 0.6) is 0 Å². The van der Waals surface area contributed by atoms with E-state index in [9.17, 15) is 0 Å². The summed E-state index contributed by atoms with van der Waals surface area (Å²) in [5.41, 5.74) is 6.94. The van der Waals surface area contributed by atoms with Crippen LogP contribution in [-0.2, 0) is 7.05 Å². The van der Waals surface area contributed by atoms with Crippen LogP contribution in [0.25, 0.3) is 38.0 Å². The number of furan rings is 1. The maximum absolute atomic E-state index is 7.47. The van der Waals surface area contributed by atoms with Crippen LogP contribution in [-0.4, -0.2) is 0 Å².